The molecule has 3 aromatic rings. The molecule has 1 N–H and O–H groups in total. The summed E-state index contributed by atoms with van der Waals surface area (Å²) < 4.78 is 2.04. The van der Waals surface area contributed by atoms with E-state index in [0.29, 0.717) is 12.2 Å². The first-order valence-corrected chi connectivity index (χ1v) is 11.6. The topological polar surface area (TPSA) is 54.3 Å². The molecule has 5 nitrogen and oxygen atoms in total. The molecule has 1 aliphatic heterocycles. The van der Waals surface area contributed by atoms with Crippen LogP contribution in [0.4, 0.5) is 5.69 Å². The summed E-state index contributed by atoms with van der Waals surface area (Å²) in [7, 11) is 0. The van der Waals surface area contributed by atoms with E-state index in [9.17, 15) is 9.59 Å². The first-order valence-electron chi connectivity index (χ1n) is 10.7. The van der Waals surface area contributed by atoms with Crippen molar-refractivity contribution in [2.75, 3.05) is 4.90 Å². The van der Waals surface area contributed by atoms with Crippen molar-refractivity contribution in [2.45, 2.75) is 64.6 Å². The highest BCUT2D eigenvalue weighted by Crippen LogP contribution is 2.39. The maximum Gasteiger partial charge on any atom is 0.275 e. The molecule has 0 unspecified atom stereocenters. The Balaban J connectivity index is 1.66. The zero-order valence-corrected chi connectivity index (χ0v) is 18.5. The van der Waals surface area contributed by atoms with E-state index in [1.165, 1.54) is 0 Å². The van der Waals surface area contributed by atoms with Gasteiger partial charge in [0, 0.05) is 17.1 Å². The van der Waals surface area contributed by atoms with Crippen LogP contribution < -0.4 is 10.2 Å². The number of anilines is 1. The third-order valence-corrected chi connectivity index (χ3v) is 7.83. The minimum Gasteiger partial charge on any atom is -0.351 e. The van der Waals surface area contributed by atoms with Gasteiger partial charge in [0.05, 0.1) is 6.54 Å². The van der Waals surface area contributed by atoms with E-state index in [0.717, 1.165) is 52.7 Å². The van der Waals surface area contributed by atoms with E-state index >= 15 is 0 Å². The molecule has 5 rings (SSSR count). The van der Waals surface area contributed by atoms with Gasteiger partial charge < -0.3 is 9.88 Å². The molecule has 0 spiro atoms. The molecule has 1 atom stereocenters. The molecule has 2 amide bonds. The highest BCUT2D eigenvalue weighted by atomic mass is 32.1. The number of aromatic nitrogens is 1. The van der Waals surface area contributed by atoms with E-state index in [1.807, 2.05) is 61.1 Å². The van der Waals surface area contributed by atoms with Crippen LogP contribution in [-0.2, 0) is 11.3 Å². The van der Waals surface area contributed by atoms with Crippen LogP contribution in [0.3, 0.4) is 0 Å². The highest BCUT2D eigenvalue weighted by molar-refractivity contribution is 7.16. The number of benzene rings is 1. The van der Waals surface area contributed by atoms with E-state index < -0.39 is 5.54 Å². The second-order valence-electron chi connectivity index (χ2n) is 8.89. The highest BCUT2D eigenvalue weighted by Gasteiger charge is 2.49. The number of thiophene rings is 1. The van der Waals surface area contributed by atoms with Gasteiger partial charge in [-0.2, -0.15) is 0 Å². The summed E-state index contributed by atoms with van der Waals surface area (Å²) in [5.74, 6) is -0.171. The fourth-order valence-corrected chi connectivity index (χ4v) is 5.86. The monoisotopic (exact) mass is 421 g/mol. The summed E-state index contributed by atoms with van der Waals surface area (Å²) >= 11 is 1.62. The van der Waals surface area contributed by atoms with Gasteiger partial charge in [0.25, 0.3) is 5.91 Å². The van der Waals surface area contributed by atoms with Crippen LogP contribution >= 0.6 is 11.3 Å². The second-order valence-corrected chi connectivity index (χ2v) is 9.78. The van der Waals surface area contributed by atoms with Crippen molar-refractivity contribution in [3.05, 3.63) is 52.5 Å². The molecule has 2 aromatic heterocycles. The number of carbonyl (C=O) groups is 2. The van der Waals surface area contributed by atoms with Crippen LogP contribution in [0.5, 0.6) is 0 Å². The Morgan fingerprint density at radius 2 is 1.97 bits per heavy atom. The van der Waals surface area contributed by atoms with E-state index in [4.69, 9.17) is 0 Å². The summed E-state index contributed by atoms with van der Waals surface area (Å²) in [6.07, 6.45) is 4.34. The molecule has 1 saturated carbocycles. The normalized spacial score (nSPS) is 22.0. The van der Waals surface area contributed by atoms with Crippen molar-refractivity contribution < 1.29 is 9.59 Å². The standard InChI is InChI=1S/C24H27N3O2S/c1-15-7-6-10-19(16(15)2)27-21(28)20-13-17-11-12-30-22(17)26(20)14-24(27,3)23(29)25-18-8-4-5-9-18/h6-7,10-13,18H,4-5,8-9,14H2,1-3H3,(H,25,29)/t24-/m1/s1. The number of rotatable bonds is 3. The Hall–Kier alpha value is -2.60. The number of hydrogen-bond donors (Lipinski definition) is 1. The van der Waals surface area contributed by atoms with Crippen molar-refractivity contribution >= 4 is 39.1 Å². The zero-order chi connectivity index (χ0) is 21.0. The second kappa shape index (κ2) is 6.98. The third kappa shape index (κ3) is 2.81. The Labute approximate surface area is 180 Å². The van der Waals surface area contributed by atoms with Crippen molar-refractivity contribution in [1.82, 2.24) is 9.88 Å². The lowest BCUT2D eigenvalue weighted by atomic mass is 9.92. The largest absolute Gasteiger partial charge is 0.351 e. The van der Waals surface area contributed by atoms with Crippen LogP contribution in [0.15, 0.2) is 35.7 Å². The average molecular weight is 422 g/mol. The number of carbonyl (C=O) groups excluding carboxylic acids is 2. The van der Waals surface area contributed by atoms with Gasteiger partial charge >= 0.3 is 0 Å². The third-order valence-electron chi connectivity index (χ3n) is 6.88. The Bertz CT molecular complexity index is 1150. The van der Waals surface area contributed by atoms with Crippen LogP contribution in [0.25, 0.3) is 10.2 Å². The Morgan fingerprint density at radius 3 is 2.73 bits per heavy atom. The van der Waals surface area contributed by atoms with Gasteiger partial charge in [0.2, 0.25) is 5.91 Å². The first kappa shape index (κ1) is 19.4. The lowest BCUT2D eigenvalue weighted by Gasteiger charge is -2.45. The lowest BCUT2D eigenvalue weighted by Crippen LogP contribution is -2.65. The van der Waals surface area contributed by atoms with Gasteiger partial charge in [-0.1, -0.05) is 25.0 Å². The van der Waals surface area contributed by atoms with Crippen LogP contribution in [-0.4, -0.2) is 28.0 Å². The number of aryl methyl sites for hydroxylation is 1. The van der Waals surface area contributed by atoms with Crippen LogP contribution in [0, 0.1) is 13.8 Å². The summed E-state index contributed by atoms with van der Waals surface area (Å²) in [6.45, 7) is 6.44. The van der Waals surface area contributed by atoms with Gasteiger partial charge in [-0.25, -0.2) is 0 Å². The molecule has 30 heavy (non-hydrogen) atoms. The van der Waals surface area contributed by atoms with Crippen molar-refractivity contribution in [3.8, 4) is 0 Å². The van der Waals surface area contributed by atoms with Gasteiger partial charge in [-0.15, -0.1) is 11.3 Å². The van der Waals surface area contributed by atoms with E-state index in [-0.39, 0.29) is 17.9 Å². The molecule has 3 heterocycles. The molecule has 156 valence electrons. The predicted molar refractivity (Wildman–Crippen MR) is 121 cm³/mol. The summed E-state index contributed by atoms with van der Waals surface area (Å²) in [5, 5.41) is 6.36. The Morgan fingerprint density at radius 1 is 1.20 bits per heavy atom. The molecule has 1 fully saturated rings. The summed E-state index contributed by atoms with van der Waals surface area (Å²) in [6, 6.07) is 10.2. The van der Waals surface area contributed by atoms with E-state index in [1.54, 1.807) is 16.2 Å². The molecule has 6 heteroatoms. The van der Waals surface area contributed by atoms with Gasteiger partial charge in [-0.3, -0.25) is 14.5 Å². The van der Waals surface area contributed by atoms with E-state index in [2.05, 4.69) is 5.32 Å². The molecule has 2 aliphatic rings. The Kier molecular flexibility index (Phi) is 4.51. The van der Waals surface area contributed by atoms with Crippen LogP contribution in [0.1, 0.15) is 54.2 Å². The maximum atomic E-state index is 13.8. The molecular formula is C24H27N3O2S. The van der Waals surface area contributed by atoms with Gasteiger partial charge in [-0.05, 0) is 68.3 Å². The minimum absolute atomic E-state index is 0.0623. The summed E-state index contributed by atoms with van der Waals surface area (Å²) in [4.78, 5) is 30.3. The predicted octanol–water partition coefficient (Wildman–Crippen LogP) is 4.80. The molecule has 0 bridgehead atoms. The number of hydrogen-bond acceptors (Lipinski definition) is 3. The number of nitrogens with zero attached hydrogens (tertiary/aromatic N) is 2. The number of nitrogens with one attached hydrogen (secondary N) is 1. The average Bonchev–Trinajstić information content (AvgIpc) is 3.44. The fourth-order valence-electron chi connectivity index (χ4n) is 4.96. The minimum atomic E-state index is -0.999. The lowest BCUT2D eigenvalue weighted by molar-refractivity contribution is -0.127. The molecule has 0 radical (unpaired) electrons. The number of amides is 2. The zero-order valence-electron chi connectivity index (χ0n) is 17.7. The quantitative estimate of drug-likeness (QED) is 0.661. The van der Waals surface area contributed by atoms with Crippen LogP contribution in [0.2, 0.25) is 0 Å². The first-order chi connectivity index (χ1) is 14.4. The van der Waals surface area contributed by atoms with Crippen molar-refractivity contribution in [3.63, 3.8) is 0 Å². The smallest absolute Gasteiger partial charge is 0.275 e. The van der Waals surface area contributed by atoms with Gasteiger partial charge in [0.15, 0.2) is 0 Å². The maximum absolute atomic E-state index is 13.8. The molecule has 1 aliphatic carbocycles. The van der Waals surface area contributed by atoms with Crippen molar-refractivity contribution in [1.29, 1.82) is 0 Å². The molecular weight excluding hydrogens is 394 g/mol. The summed E-state index contributed by atoms with van der Waals surface area (Å²) in [5.41, 5.74) is 2.62. The number of fused-ring (bicyclic) bond motifs is 3. The van der Waals surface area contributed by atoms with Gasteiger partial charge in [0.1, 0.15) is 16.1 Å². The molecule has 1 aromatic carbocycles. The van der Waals surface area contributed by atoms with Crippen molar-refractivity contribution in [2.24, 2.45) is 0 Å². The molecule has 0 saturated heterocycles. The SMILES string of the molecule is Cc1cccc(N2C(=O)c3cc4ccsc4n3C[C@]2(C)C(=O)NC2CCCC2)c1C. The fraction of sp³-hybridized carbons (Fsp3) is 0.417.